The van der Waals surface area contributed by atoms with Gasteiger partial charge >= 0.3 is 37.2 Å². The van der Waals surface area contributed by atoms with Crippen molar-refractivity contribution in [2.45, 2.75) is 142 Å². The Bertz CT molecular complexity index is 4370. The van der Waals surface area contributed by atoms with Gasteiger partial charge in [0.15, 0.2) is 17.4 Å². The van der Waals surface area contributed by atoms with Crippen LogP contribution in [0.2, 0.25) is 15.5 Å². The van der Waals surface area contributed by atoms with Gasteiger partial charge in [-0.3, -0.25) is 48.5 Å². The number of ether oxygens (including phenoxy) is 15. The molecule has 26 N–H and O–H groups in total. The molecular formula is C67H108Cl3N20NaO30P-. The summed E-state index contributed by atoms with van der Waals surface area (Å²) in [6, 6.07) is 8.72. The van der Waals surface area contributed by atoms with E-state index in [0.29, 0.717) is 51.2 Å². The third-order valence-electron chi connectivity index (χ3n) is 13.9. The van der Waals surface area contributed by atoms with E-state index >= 15 is 0 Å². The molecule has 11 rings (SSSR count). The number of nitrogens with one attached hydrogen (secondary N) is 5. The summed E-state index contributed by atoms with van der Waals surface area (Å²) in [5.41, 5.74) is 29.9. The molecular weight excluding hydrogens is 1730 g/mol. The molecule has 4 aliphatic heterocycles. The predicted octanol–water partition coefficient (Wildman–Crippen LogP) is -3.96. The number of aromatic amines is 5. The van der Waals surface area contributed by atoms with Crippen LogP contribution in [0.4, 0.5) is 35.7 Å². The van der Waals surface area contributed by atoms with Gasteiger partial charge < -0.3 is 158 Å². The van der Waals surface area contributed by atoms with Crippen LogP contribution in [0, 0.1) is 6.92 Å². The molecule has 0 aromatic carbocycles. The number of H-pyrrole nitrogens is 5. The molecule has 7 unspecified atom stereocenters. The zero-order chi connectivity index (χ0) is 89.8. The van der Waals surface area contributed by atoms with Crippen molar-refractivity contribution in [1.82, 2.24) is 69.8 Å². The maximum atomic E-state index is 11.1. The van der Waals surface area contributed by atoms with Gasteiger partial charge in [0, 0.05) is 32.0 Å². The monoisotopic (exact) mass is 1830 g/mol. The minimum absolute atomic E-state index is 0. The van der Waals surface area contributed by atoms with E-state index in [-0.39, 0.29) is 198 Å². The molecule has 122 heavy (non-hydrogen) atoms. The first-order valence-electron chi connectivity index (χ1n) is 36.1. The summed E-state index contributed by atoms with van der Waals surface area (Å²) in [6.45, 7) is 19.7. The molecule has 4 aliphatic rings. The summed E-state index contributed by atoms with van der Waals surface area (Å²) >= 11 is 16.6. The molecule has 50 nitrogen and oxygen atoms in total. The van der Waals surface area contributed by atoms with Crippen LogP contribution >= 0.6 is 42.4 Å². The first kappa shape index (κ1) is 112. The number of nitrogens with zero attached hydrogens (tertiary/aromatic N) is 9. The largest absolute Gasteiger partial charge is 1.00 e. The van der Waals surface area contributed by atoms with E-state index in [9.17, 15) is 33.6 Å². The Hall–Kier alpha value is -8.46. The minimum atomic E-state index is -4.32. The average Bonchev–Trinajstić information content (AvgIpc) is 1.75. The van der Waals surface area contributed by atoms with Crippen LogP contribution in [0.15, 0.2) is 66.4 Å². The maximum absolute atomic E-state index is 11.1. The first-order chi connectivity index (χ1) is 56.4. The summed E-state index contributed by atoms with van der Waals surface area (Å²) in [6.07, 6.45) is -1.02. The van der Waals surface area contributed by atoms with E-state index in [1.165, 1.54) is 43.2 Å². The number of rotatable bonds is 28. The van der Waals surface area contributed by atoms with E-state index in [1.807, 2.05) is 55.4 Å². The Balaban J connectivity index is 0.00000138. The number of aryl methyl sites for hydroxylation is 1. The molecule has 11 heterocycles. The Labute approximate surface area is 735 Å². The molecule has 7 aromatic rings. The molecule has 0 aliphatic carbocycles. The number of nitrogen functional groups attached to an aromatic ring is 6. The molecule has 7 aromatic heterocycles. The van der Waals surface area contributed by atoms with Gasteiger partial charge in [0.1, 0.15) is 104 Å². The average molecular weight is 1830 g/mol. The molecule has 4 saturated heterocycles. The van der Waals surface area contributed by atoms with Crippen molar-refractivity contribution in [1.29, 1.82) is 0 Å². The molecule has 7 atom stereocenters. The van der Waals surface area contributed by atoms with Gasteiger partial charge in [0.2, 0.25) is 71.0 Å². The van der Waals surface area contributed by atoms with Crippen molar-refractivity contribution in [3.8, 4) is 35.3 Å². The molecule has 0 bridgehead atoms. The van der Waals surface area contributed by atoms with Crippen LogP contribution in [0.1, 0.15) is 81.9 Å². The second kappa shape index (κ2) is 57.9. The van der Waals surface area contributed by atoms with Gasteiger partial charge in [0.05, 0.1) is 82.7 Å². The smallest absolute Gasteiger partial charge is 1.00 e. The Morgan fingerprint density at radius 3 is 1.11 bits per heavy atom. The molecule has 0 amide bonds. The second-order valence-corrected chi connectivity index (χ2v) is 28.7. The van der Waals surface area contributed by atoms with Crippen LogP contribution in [0.3, 0.4) is 0 Å². The molecule has 0 saturated carbocycles. The fourth-order valence-electron chi connectivity index (χ4n) is 8.68. The van der Waals surface area contributed by atoms with Gasteiger partial charge in [-0.05, 0) is 74.7 Å². The van der Waals surface area contributed by atoms with Crippen LogP contribution in [-0.2, 0) is 47.2 Å². The topological polar surface area (TPSA) is 784 Å². The Kier molecular flexibility index (Phi) is 52.9. The number of halogens is 3. The van der Waals surface area contributed by atoms with Crippen molar-refractivity contribution in [3.63, 3.8) is 0 Å². The van der Waals surface area contributed by atoms with Crippen molar-refractivity contribution in [2.24, 2.45) is 0 Å². The van der Waals surface area contributed by atoms with Crippen molar-refractivity contribution < 1.29 is 153 Å². The van der Waals surface area contributed by atoms with Crippen molar-refractivity contribution in [2.75, 3.05) is 146 Å². The Morgan fingerprint density at radius 2 is 0.820 bits per heavy atom. The standard InChI is InChI=1S/C10H14ClN3O3.C10H15N3O4.C9H15N3O4.C9H14N2O3.C8H14N3O7P.C7H11N3O4.C6H12O3.C4H3Cl2N3.C4H8O.Na.H2O.H/c1-10(2)16-5-6(17-10)4-15-8-3-7(11)13-9(12)14-8;1-10(2)16-5-6(17-10)4-15-8-3-7(14)12-9(11)13-8;1-2-15-6(4-13)5-16-8-3-7(14)11-9(10)12-8;1-3-7(12)5-14-9-4-8(13)10-6(2)11-9;9-8-10-6(13)1-7(11-8)17-3-5(2-12)18-4-19(14,15)16;8-7-9-5(13)1-6(10-7)14-3-4(12)2-11;1-6(2)8-4-5(3-7)9-6;5-2-1-3(6)9-4(7)8-2;1-2-4-5-3-1;;;/h3,6H,4-5H2,1-2H3,(H2,12,13,14);3,6H,4-5H2,1-2H3,(H3,11,12,13,14);3,6,13H,2,4-5H2,1H3,(H3,10,11,12,14);4,7,12H,3,5H2,1-2H3,(H,10,11,13);1,5,12H,2-4H2,(H2,14,15,16)(H3,9,10,11,13);1,4,11-12H,2-3H2,(H3,8,9,10,13);5,7H,3-4H2,1-2H3;1H,(H2,7,8,9);1-4H2;;1H2;/q;;;;;;;;;+1;;-1/p-1. The van der Waals surface area contributed by atoms with Gasteiger partial charge in [0.25, 0.3) is 27.8 Å². The van der Waals surface area contributed by atoms with Crippen LogP contribution in [0.25, 0.3) is 0 Å². The molecule has 4 fully saturated rings. The predicted molar refractivity (Wildman–Crippen MR) is 433 cm³/mol. The summed E-state index contributed by atoms with van der Waals surface area (Å²) in [4.78, 5) is 117. The second-order valence-electron chi connectivity index (χ2n) is 25.9. The number of aliphatic hydroxyl groups is 6. The summed E-state index contributed by atoms with van der Waals surface area (Å²) in [5.74, 6) is -0.367. The van der Waals surface area contributed by atoms with Crippen LogP contribution < -0.4 is 120 Å². The van der Waals surface area contributed by atoms with Crippen LogP contribution in [-0.4, -0.2) is 288 Å². The first-order valence-corrected chi connectivity index (χ1v) is 39.0. The van der Waals surface area contributed by atoms with Crippen LogP contribution in [0.5, 0.6) is 35.3 Å². The summed E-state index contributed by atoms with van der Waals surface area (Å²) in [7, 11) is -4.32. The maximum Gasteiger partial charge on any atom is 1.00 e. The number of anilines is 6. The zero-order valence-electron chi connectivity index (χ0n) is 69.4. The fourth-order valence-corrected chi connectivity index (χ4v) is 9.70. The minimum Gasteiger partial charge on any atom is -1.00 e. The quantitative estimate of drug-likeness (QED) is 0.0126. The van der Waals surface area contributed by atoms with E-state index in [1.54, 1.807) is 6.92 Å². The van der Waals surface area contributed by atoms with Gasteiger partial charge in [-0.25, -0.2) is 19.9 Å². The number of nitrogens with two attached hydrogens (primary N) is 6. The SMILES string of the molecule is C1CCOC1.CC1(C)OCC(CO)O1.CC1(C)OCC(COc2cc(=O)[nH]c(N)n2)O1.CC1(C)OCC(COc2cc(Cl)nc(N)n2)O1.CCC(O)COc1cc(=O)[nH]c(C)n1.CCOC(CO)COc1cc(=O)[nH]c(N)n1.Nc1nc(Cl)cc(Cl)n1.Nc1nc(OCC(CO)OCP(=O)(O)O)cc(=O)[nH]1.Nc1nc(OCC(O)CO)cc(=O)[nH]1.[H-].[Na+].[OH-]. The fraction of sp³-hybridized carbons (Fsp3) is 0.582. The molecule has 0 radical (unpaired) electrons. The van der Waals surface area contributed by atoms with Crippen molar-refractivity contribution >= 4 is 78.1 Å². The Morgan fingerprint density at radius 1 is 0.484 bits per heavy atom. The number of aliphatic hydroxyl groups excluding tert-OH is 6. The normalized spacial score (nSPS) is 17.0. The van der Waals surface area contributed by atoms with Gasteiger partial charge in [-0.15, -0.1) is 0 Å². The van der Waals surface area contributed by atoms with Crippen molar-refractivity contribution in [3.05, 3.63) is 116 Å². The summed E-state index contributed by atoms with van der Waals surface area (Å²) in [5, 5.41) is 53.9. The molecule has 0 spiro atoms. The van der Waals surface area contributed by atoms with E-state index < -0.39 is 80.1 Å². The molecule has 684 valence electrons. The van der Waals surface area contributed by atoms with E-state index in [2.05, 4.69) is 69.8 Å². The van der Waals surface area contributed by atoms with E-state index in [0.717, 1.165) is 25.3 Å². The summed E-state index contributed by atoms with van der Waals surface area (Å²) < 4.78 is 88.7. The third kappa shape index (κ3) is 51.6. The van der Waals surface area contributed by atoms with Gasteiger partial charge in [-0.1, -0.05) is 41.7 Å². The van der Waals surface area contributed by atoms with Gasteiger partial charge in [-0.2, -0.15) is 24.9 Å². The molecule has 55 heteroatoms. The number of hydrogen-bond acceptors (Lipinski definition) is 43. The number of aromatic nitrogens is 14. The van der Waals surface area contributed by atoms with E-state index in [4.69, 9.17) is 176 Å². The third-order valence-corrected chi connectivity index (χ3v) is 14.9. The zero-order valence-corrected chi connectivity index (χ0v) is 73.6. The number of hydrogen-bond donors (Lipinski definition) is 19.